The Morgan fingerprint density at radius 1 is 1.00 bits per heavy atom. The summed E-state index contributed by atoms with van der Waals surface area (Å²) >= 11 is 0. The van der Waals surface area contributed by atoms with Crippen LogP contribution in [0.5, 0.6) is 0 Å². The smallest absolute Gasteiger partial charge is 0.306 e. The Morgan fingerprint density at radius 3 is 2.19 bits per heavy atom. The van der Waals surface area contributed by atoms with Crippen LogP contribution >= 0.6 is 0 Å². The van der Waals surface area contributed by atoms with Gasteiger partial charge in [-0.05, 0) is 56.9 Å². The number of nitrogens with one attached hydrogen (secondary N) is 1. The molecule has 2 aliphatic rings. The summed E-state index contributed by atoms with van der Waals surface area (Å²) in [6.45, 7) is 3.44. The van der Waals surface area contributed by atoms with E-state index in [0.29, 0.717) is 6.04 Å². The summed E-state index contributed by atoms with van der Waals surface area (Å²) in [5.41, 5.74) is 0. The molecule has 0 aromatic carbocycles. The molecule has 0 bridgehead atoms. The zero-order chi connectivity index (χ0) is 15.1. The Morgan fingerprint density at radius 2 is 1.62 bits per heavy atom. The standard InChI is InChI=1S/C18H33NO2/c1-2-3-4-14-5-7-15(8-6-14)13-19-17-11-9-16(10-12-17)18(20)21/h14-17,19H,2-13H2,1H3,(H,20,21). The summed E-state index contributed by atoms with van der Waals surface area (Å²) < 4.78 is 0. The van der Waals surface area contributed by atoms with Crippen LogP contribution in [0.3, 0.4) is 0 Å². The average Bonchev–Trinajstić information content (AvgIpc) is 2.52. The van der Waals surface area contributed by atoms with E-state index in [0.717, 1.165) is 44.1 Å². The third-order valence-electron chi connectivity index (χ3n) is 5.70. The number of hydrogen-bond donors (Lipinski definition) is 2. The Hall–Kier alpha value is -0.570. The SMILES string of the molecule is CCCCC1CCC(CNC2CCC(C(=O)O)CC2)CC1. The summed E-state index contributed by atoms with van der Waals surface area (Å²) in [4.78, 5) is 11.0. The van der Waals surface area contributed by atoms with Crippen LogP contribution in [0.1, 0.15) is 77.6 Å². The summed E-state index contributed by atoms with van der Waals surface area (Å²) in [6.07, 6.45) is 13.6. The van der Waals surface area contributed by atoms with E-state index < -0.39 is 5.97 Å². The number of carbonyl (C=O) groups is 1. The summed E-state index contributed by atoms with van der Waals surface area (Å²) in [7, 11) is 0. The molecule has 2 saturated carbocycles. The van der Waals surface area contributed by atoms with Gasteiger partial charge in [-0.3, -0.25) is 4.79 Å². The lowest BCUT2D eigenvalue weighted by atomic mass is 9.79. The van der Waals surface area contributed by atoms with Crippen LogP contribution in [0.25, 0.3) is 0 Å². The van der Waals surface area contributed by atoms with Crippen molar-refractivity contribution in [2.24, 2.45) is 17.8 Å². The van der Waals surface area contributed by atoms with Crippen LogP contribution in [0.2, 0.25) is 0 Å². The second-order valence-corrected chi connectivity index (χ2v) is 7.32. The van der Waals surface area contributed by atoms with Gasteiger partial charge in [-0.2, -0.15) is 0 Å². The topological polar surface area (TPSA) is 49.3 Å². The second-order valence-electron chi connectivity index (χ2n) is 7.32. The molecule has 3 heteroatoms. The van der Waals surface area contributed by atoms with E-state index in [1.807, 2.05) is 0 Å². The zero-order valence-electron chi connectivity index (χ0n) is 13.7. The molecule has 2 aliphatic carbocycles. The van der Waals surface area contributed by atoms with Crippen molar-refractivity contribution in [3.63, 3.8) is 0 Å². The first-order valence-electron chi connectivity index (χ1n) is 9.15. The molecule has 122 valence electrons. The highest BCUT2D eigenvalue weighted by Gasteiger charge is 2.27. The second kappa shape index (κ2) is 8.77. The van der Waals surface area contributed by atoms with Crippen LogP contribution in [0.15, 0.2) is 0 Å². The normalized spacial score (nSPS) is 33.8. The van der Waals surface area contributed by atoms with Gasteiger partial charge in [0.25, 0.3) is 0 Å². The Labute approximate surface area is 129 Å². The highest BCUT2D eigenvalue weighted by atomic mass is 16.4. The molecule has 0 spiro atoms. The summed E-state index contributed by atoms with van der Waals surface area (Å²) in [5.74, 6) is 1.17. The molecule has 0 unspecified atom stereocenters. The quantitative estimate of drug-likeness (QED) is 0.739. The van der Waals surface area contributed by atoms with Gasteiger partial charge in [-0.15, -0.1) is 0 Å². The number of carboxylic acid groups (broad SMARTS) is 1. The lowest BCUT2D eigenvalue weighted by Crippen LogP contribution is -2.38. The molecule has 0 aromatic heterocycles. The zero-order valence-corrected chi connectivity index (χ0v) is 13.7. The minimum absolute atomic E-state index is 0.0861. The molecular weight excluding hydrogens is 262 g/mol. The minimum Gasteiger partial charge on any atom is -0.481 e. The van der Waals surface area contributed by atoms with E-state index in [1.54, 1.807) is 0 Å². The number of carboxylic acids is 1. The van der Waals surface area contributed by atoms with Crippen LogP contribution in [-0.2, 0) is 4.79 Å². The fraction of sp³-hybridized carbons (Fsp3) is 0.944. The summed E-state index contributed by atoms with van der Waals surface area (Å²) in [5, 5.41) is 12.7. The van der Waals surface area contributed by atoms with Crippen molar-refractivity contribution < 1.29 is 9.90 Å². The van der Waals surface area contributed by atoms with Gasteiger partial charge in [0.15, 0.2) is 0 Å². The van der Waals surface area contributed by atoms with Gasteiger partial charge in [0.05, 0.1) is 5.92 Å². The van der Waals surface area contributed by atoms with E-state index in [1.165, 1.54) is 44.9 Å². The van der Waals surface area contributed by atoms with Crippen molar-refractivity contribution in [3.05, 3.63) is 0 Å². The Kier molecular flexibility index (Phi) is 7.01. The van der Waals surface area contributed by atoms with E-state index >= 15 is 0 Å². The number of hydrogen-bond acceptors (Lipinski definition) is 2. The average molecular weight is 295 g/mol. The van der Waals surface area contributed by atoms with Gasteiger partial charge in [-0.1, -0.05) is 39.0 Å². The largest absolute Gasteiger partial charge is 0.481 e. The van der Waals surface area contributed by atoms with Gasteiger partial charge in [-0.25, -0.2) is 0 Å². The molecule has 0 amide bonds. The van der Waals surface area contributed by atoms with Gasteiger partial charge < -0.3 is 10.4 Å². The first-order valence-corrected chi connectivity index (χ1v) is 9.15. The van der Waals surface area contributed by atoms with Crippen molar-refractivity contribution >= 4 is 5.97 Å². The van der Waals surface area contributed by atoms with Crippen molar-refractivity contribution in [3.8, 4) is 0 Å². The first-order chi connectivity index (χ1) is 10.2. The van der Waals surface area contributed by atoms with E-state index in [9.17, 15) is 4.79 Å². The van der Waals surface area contributed by atoms with Gasteiger partial charge in [0.1, 0.15) is 0 Å². The van der Waals surface area contributed by atoms with Crippen LogP contribution in [0.4, 0.5) is 0 Å². The molecule has 0 aromatic rings. The highest BCUT2D eigenvalue weighted by Crippen LogP contribution is 2.32. The molecule has 21 heavy (non-hydrogen) atoms. The maximum absolute atomic E-state index is 11.0. The lowest BCUT2D eigenvalue weighted by molar-refractivity contribution is -0.142. The fourth-order valence-electron chi connectivity index (χ4n) is 4.09. The molecule has 2 N–H and O–H groups in total. The molecule has 2 fully saturated rings. The highest BCUT2D eigenvalue weighted by molar-refractivity contribution is 5.70. The first kappa shape index (κ1) is 16.8. The van der Waals surface area contributed by atoms with Crippen molar-refractivity contribution in [1.82, 2.24) is 5.32 Å². The number of unbranched alkanes of at least 4 members (excludes halogenated alkanes) is 1. The third-order valence-corrected chi connectivity index (χ3v) is 5.70. The monoisotopic (exact) mass is 295 g/mol. The van der Waals surface area contributed by atoms with Crippen molar-refractivity contribution in [1.29, 1.82) is 0 Å². The van der Waals surface area contributed by atoms with Crippen LogP contribution in [-0.4, -0.2) is 23.7 Å². The maximum Gasteiger partial charge on any atom is 0.306 e. The predicted molar refractivity (Wildman–Crippen MR) is 86.4 cm³/mol. The van der Waals surface area contributed by atoms with Crippen molar-refractivity contribution in [2.45, 2.75) is 83.6 Å². The maximum atomic E-state index is 11.0. The van der Waals surface area contributed by atoms with Gasteiger partial charge in [0.2, 0.25) is 0 Å². The minimum atomic E-state index is -0.598. The van der Waals surface area contributed by atoms with Crippen LogP contribution in [0, 0.1) is 17.8 Å². The predicted octanol–water partition coefficient (Wildman–Crippen LogP) is 4.22. The summed E-state index contributed by atoms with van der Waals surface area (Å²) in [6, 6.07) is 0.568. The van der Waals surface area contributed by atoms with Crippen molar-refractivity contribution in [2.75, 3.05) is 6.54 Å². The third kappa shape index (κ3) is 5.61. The molecule has 0 aliphatic heterocycles. The van der Waals surface area contributed by atoms with E-state index in [2.05, 4.69) is 12.2 Å². The van der Waals surface area contributed by atoms with E-state index in [4.69, 9.17) is 5.11 Å². The Bertz CT molecular complexity index is 302. The molecule has 0 saturated heterocycles. The Balaban J connectivity index is 1.57. The number of aliphatic carboxylic acids is 1. The molecule has 0 radical (unpaired) electrons. The van der Waals surface area contributed by atoms with Gasteiger partial charge in [0, 0.05) is 6.04 Å². The van der Waals surface area contributed by atoms with Crippen LogP contribution < -0.4 is 5.32 Å². The number of rotatable bonds is 7. The molecule has 2 rings (SSSR count). The lowest BCUT2D eigenvalue weighted by Gasteiger charge is -2.32. The molecule has 0 heterocycles. The fourth-order valence-corrected chi connectivity index (χ4v) is 4.09. The van der Waals surface area contributed by atoms with Gasteiger partial charge >= 0.3 is 5.97 Å². The molecule has 0 atom stereocenters. The molecule has 3 nitrogen and oxygen atoms in total. The van der Waals surface area contributed by atoms with E-state index in [-0.39, 0.29) is 5.92 Å². The molecular formula is C18H33NO2.